The van der Waals surface area contributed by atoms with E-state index >= 15 is 0 Å². The van der Waals surface area contributed by atoms with E-state index in [-0.39, 0.29) is 11.7 Å². The van der Waals surface area contributed by atoms with Gasteiger partial charge in [-0.15, -0.1) is 11.3 Å². The fourth-order valence-corrected chi connectivity index (χ4v) is 3.92. The molecule has 30 heavy (non-hydrogen) atoms. The molecule has 0 spiro atoms. The van der Waals surface area contributed by atoms with Crippen LogP contribution in [-0.4, -0.2) is 25.0 Å². The van der Waals surface area contributed by atoms with Crippen molar-refractivity contribution in [3.8, 4) is 21.8 Å². The van der Waals surface area contributed by atoms with Gasteiger partial charge >= 0.3 is 0 Å². The molecule has 0 saturated carbocycles. The lowest BCUT2D eigenvalue weighted by Gasteiger charge is -2.13. The molecule has 1 N–H and O–H groups in total. The summed E-state index contributed by atoms with van der Waals surface area (Å²) in [5, 5.41) is 5.45. The molecule has 3 aromatic carbocycles. The molecular formula is C24H20FN3OS. The summed E-state index contributed by atoms with van der Waals surface area (Å²) in [5.41, 5.74) is 4.20. The SMILES string of the molecule is CN(C)c1ccc(C(=O)Nc2ccccc2-c2csc(-c3ccccc3F)n2)cc1. The third-order valence-electron chi connectivity index (χ3n) is 4.71. The number of rotatable bonds is 5. The van der Waals surface area contributed by atoms with Crippen molar-refractivity contribution >= 4 is 28.6 Å². The fraction of sp³-hybridized carbons (Fsp3) is 0.0833. The summed E-state index contributed by atoms with van der Waals surface area (Å²) in [4.78, 5) is 19.3. The van der Waals surface area contributed by atoms with E-state index in [0.717, 1.165) is 11.3 Å². The number of hydrogen-bond donors (Lipinski definition) is 1. The van der Waals surface area contributed by atoms with Crippen LogP contribution in [0.5, 0.6) is 0 Å². The van der Waals surface area contributed by atoms with E-state index in [1.165, 1.54) is 17.4 Å². The predicted octanol–water partition coefficient (Wildman–Crippen LogP) is 5.93. The van der Waals surface area contributed by atoms with Gasteiger partial charge in [-0.1, -0.05) is 30.3 Å². The first-order chi connectivity index (χ1) is 14.5. The van der Waals surface area contributed by atoms with Crippen LogP contribution in [0.2, 0.25) is 0 Å². The Labute approximate surface area is 178 Å². The number of nitrogens with zero attached hydrogens (tertiary/aromatic N) is 2. The van der Waals surface area contributed by atoms with Crippen LogP contribution >= 0.6 is 11.3 Å². The molecule has 4 rings (SSSR count). The number of thiazole rings is 1. The highest BCUT2D eigenvalue weighted by molar-refractivity contribution is 7.13. The average molecular weight is 418 g/mol. The van der Waals surface area contributed by atoms with E-state index in [1.54, 1.807) is 30.3 Å². The molecule has 4 nitrogen and oxygen atoms in total. The Hall–Kier alpha value is -3.51. The second-order valence-electron chi connectivity index (χ2n) is 6.96. The van der Waals surface area contributed by atoms with Crippen LogP contribution < -0.4 is 10.2 Å². The summed E-state index contributed by atoms with van der Waals surface area (Å²) >= 11 is 1.37. The van der Waals surface area contributed by atoms with Gasteiger partial charge < -0.3 is 10.2 Å². The Bertz CT molecular complexity index is 1190. The molecule has 0 bridgehead atoms. The highest BCUT2D eigenvalue weighted by Gasteiger charge is 2.14. The van der Waals surface area contributed by atoms with Crippen molar-refractivity contribution in [2.75, 3.05) is 24.3 Å². The minimum Gasteiger partial charge on any atom is -0.378 e. The minimum absolute atomic E-state index is 0.197. The summed E-state index contributed by atoms with van der Waals surface area (Å²) in [6.45, 7) is 0. The van der Waals surface area contributed by atoms with Gasteiger partial charge in [0.05, 0.1) is 11.4 Å². The molecule has 1 amide bonds. The standard InChI is InChI=1S/C24H20FN3OS/c1-28(2)17-13-11-16(12-14-17)23(29)26-21-10-6-4-8-19(21)22-15-30-24(27-22)18-7-3-5-9-20(18)25/h3-15H,1-2H3,(H,26,29). The summed E-state index contributed by atoms with van der Waals surface area (Å²) in [7, 11) is 3.91. The van der Waals surface area contributed by atoms with E-state index in [4.69, 9.17) is 0 Å². The number of aromatic nitrogens is 1. The molecule has 4 aromatic rings. The van der Waals surface area contributed by atoms with Crippen molar-refractivity contribution in [2.45, 2.75) is 0 Å². The van der Waals surface area contributed by atoms with E-state index in [9.17, 15) is 9.18 Å². The first-order valence-corrected chi connectivity index (χ1v) is 10.3. The number of anilines is 2. The zero-order chi connectivity index (χ0) is 21.1. The van der Waals surface area contributed by atoms with Gasteiger partial charge in [0.2, 0.25) is 0 Å². The van der Waals surface area contributed by atoms with Crippen LogP contribution in [-0.2, 0) is 0 Å². The predicted molar refractivity (Wildman–Crippen MR) is 122 cm³/mol. The van der Waals surface area contributed by atoms with E-state index in [2.05, 4.69) is 10.3 Å². The number of benzene rings is 3. The van der Waals surface area contributed by atoms with Crippen molar-refractivity contribution in [3.63, 3.8) is 0 Å². The molecule has 150 valence electrons. The monoisotopic (exact) mass is 417 g/mol. The van der Waals surface area contributed by atoms with Crippen molar-refractivity contribution in [1.29, 1.82) is 0 Å². The maximum atomic E-state index is 14.1. The van der Waals surface area contributed by atoms with Crippen molar-refractivity contribution in [1.82, 2.24) is 4.98 Å². The van der Waals surface area contributed by atoms with Crippen molar-refractivity contribution < 1.29 is 9.18 Å². The third-order valence-corrected chi connectivity index (χ3v) is 5.58. The van der Waals surface area contributed by atoms with Gasteiger partial charge in [-0.3, -0.25) is 4.79 Å². The Morgan fingerprint density at radius 1 is 0.933 bits per heavy atom. The topological polar surface area (TPSA) is 45.2 Å². The molecule has 0 aliphatic heterocycles. The maximum Gasteiger partial charge on any atom is 0.255 e. The summed E-state index contributed by atoms with van der Waals surface area (Å²) in [6.07, 6.45) is 0. The number of para-hydroxylation sites is 1. The summed E-state index contributed by atoms with van der Waals surface area (Å²) < 4.78 is 14.1. The fourth-order valence-electron chi connectivity index (χ4n) is 3.08. The Balaban J connectivity index is 1.60. The molecule has 1 heterocycles. The molecule has 0 aliphatic rings. The number of amides is 1. The zero-order valence-corrected chi connectivity index (χ0v) is 17.4. The van der Waals surface area contributed by atoms with E-state index in [1.807, 2.05) is 60.8 Å². The van der Waals surface area contributed by atoms with Crippen LogP contribution in [0.15, 0.2) is 78.2 Å². The first-order valence-electron chi connectivity index (χ1n) is 9.41. The number of carbonyl (C=O) groups excluding carboxylic acids is 1. The van der Waals surface area contributed by atoms with Crippen LogP contribution in [0.25, 0.3) is 21.8 Å². The zero-order valence-electron chi connectivity index (χ0n) is 16.6. The Kier molecular flexibility index (Phi) is 5.59. The van der Waals surface area contributed by atoms with Crippen molar-refractivity contribution in [3.05, 3.63) is 89.6 Å². The van der Waals surface area contributed by atoms with Gasteiger partial charge in [0.1, 0.15) is 10.8 Å². The van der Waals surface area contributed by atoms with Gasteiger partial charge in [0.15, 0.2) is 0 Å². The first kappa shape index (κ1) is 19.8. The molecule has 1 aromatic heterocycles. The second kappa shape index (κ2) is 8.47. The molecule has 0 atom stereocenters. The van der Waals surface area contributed by atoms with Crippen LogP contribution in [0, 0.1) is 5.82 Å². The quantitative estimate of drug-likeness (QED) is 0.437. The van der Waals surface area contributed by atoms with E-state index < -0.39 is 0 Å². The van der Waals surface area contributed by atoms with Gasteiger partial charge in [0, 0.05) is 41.9 Å². The van der Waals surface area contributed by atoms with Gasteiger partial charge in [-0.25, -0.2) is 9.37 Å². The molecule has 6 heteroatoms. The maximum absolute atomic E-state index is 14.1. The van der Waals surface area contributed by atoms with Crippen LogP contribution in [0.3, 0.4) is 0 Å². The lowest BCUT2D eigenvalue weighted by atomic mass is 10.1. The molecule has 0 aliphatic carbocycles. The Morgan fingerprint density at radius 2 is 1.60 bits per heavy atom. The third kappa shape index (κ3) is 4.09. The minimum atomic E-state index is -0.304. The van der Waals surface area contributed by atoms with Gasteiger partial charge in [0.25, 0.3) is 5.91 Å². The highest BCUT2D eigenvalue weighted by atomic mass is 32.1. The van der Waals surface area contributed by atoms with Gasteiger partial charge in [-0.2, -0.15) is 0 Å². The molecule has 0 unspecified atom stereocenters. The molecule has 0 saturated heterocycles. The normalized spacial score (nSPS) is 10.6. The number of carbonyl (C=O) groups is 1. The van der Waals surface area contributed by atoms with E-state index in [0.29, 0.717) is 27.5 Å². The van der Waals surface area contributed by atoms with Crippen LogP contribution in [0.4, 0.5) is 15.8 Å². The summed E-state index contributed by atoms with van der Waals surface area (Å²) in [6, 6.07) is 21.5. The van der Waals surface area contributed by atoms with Crippen LogP contribution in [0.1, 0.15) is 10.4 Å². The number of hydrogen-bond acceptors (Lipinski definition) is 4. The average Bonchev–Trinajstić information content (AvgIpc) is 3.24. The van der Waals surface area contributed by atoms with Gasteiger partial charge in [-0.05, 0) is 42.5 Å². The smallest absolute Gasteiger partial charge is 0.255 e. The lowest BCUT2D eigenvalue weighted by Crippen LogP contribution is -2.13. The lowest BCUT2D eigenvalue weighted by molar-refractivity contribution is 0.102. The largest absolute Gasteiger partial charge is 0.378 e. The molecule has 0 fully saturated rings. The Morgan fingerprint density at radius 3 is 2.30 bits per heavy atom. The number of nitrogens with one attached hydrogen (secondary N) is 1. The van der Waals surface area contributed by atoms with Crippen molar-refractivity contribution in [2.24, 2.45) is 0 Å². The molecule has 0 radical (unpaired) electrons. The summed E-state index contributed by atoms with van der Waals surface area (Å²) in [5.74, 6) is -0.501. The molecular weight excluding hydrogens is 397 g/mol. The second-order valence-corrected chi connectivity index (χ2v) is 7.82. The highest BCUT2D eigenvalue weighted by Crippen LogP contribution is 2.33. The number of halogens is 1.